The lowest BCUT2D eigenvalue weighted by Gasteiger charge is -2.25. The van der Waals surface area contributed by atoms with Crippen molar-refractivity contribution >= 4 is 33.2 Å². The van der Waals surface area contributed by atoms with E-state index in [0.717, 1.165) is 30.2 Å². The molecular weight excluding hydrogens is 300 g/mol. The number of hydrogen-bond donors (Lipinski definition) is 2. The van der Waals surface area contributed by atoms with E-state index in [4.69, 9.17) is 5.73 Å². The predicted molar refractivity (Wildman–Crippen MR) is 73.8 cm³/mol. The van der Waals surface area contributed by atoms with Crippen LogP contribution in [0.15, 0.2) is 15.9 Å². The zero-order chi connectivity index (χ0) is 12.3. The normalized spacial score (nSPS) is 24.6. The van der Waals surface area contributed by atoms with Gasteiger partial charge >= 0.3 is 0 Å². The van der Waals surface area contributed by atoms with Gasteiger partial charge in [-0.05, 0) is 47.7 Å². The first-order valence-corrected chi connectivity index (χ1v) is 7.58. The fraction of sp³-hybridized carbons (Fsp3) is 0.583. The van der Waals surface area contributed by atoms with Gasteiger partial charge in [-0.1, -0.05) is 0 Å². The number of amides is 1. The summed E-state index contributed by atoms with van der Waals surface area (Å²) in [7, 11) is 0. The maximum atomic E-state index is 11.9. The van der Waals surface area contributed by atoms with Crippen LogP contribution in [-0.4, -0.2) is 11.9 Å². The van der Waals surface area contributed by atoms with Gasteiger partial charge in [-0.2, -0.15) is 0 Å². The molecule has 94 valence electrons. The number of nitrogens with one attached hydrogen (secondary N) is 1. The summed E-state index contributed by atoms with van der Waals surface area (Å²) in [6.07, 6.45) is 3.81. The Labute approximate surface area is 114 Å². The highest BCUT2D eigenvalue weighted by Gasteiger charge is 2.24. The smallest absolute Gasteiger partial charge is 0.223 e. The number of carbonyl (C=O) groups is 1. The van der Waals surface area contributed by atoms with Gasteiger partial charge in [-0.15, -0.1) is 11.3 Å². The number of hydrogen-bond acceptors (Lipinski definition) is 3. The van der Waals surface area contributed by atoms with E-state index in [-0.39, 0.29) is 11.8 Å². The maximum absolute atomic E-state index is 11.9. The highest BCUT2D eigenvalue weighted by Crippen LogP contribution is 2.24. The number of nitrogens with two attached hydrogens (primary N) is 1. The van der Waals surface area contributed by atoms with E-state index < -0.39 is 0 Å². The van der Waals surface area contributed by atoms with E-state index in [9.17, 15) is 4.79 Å². The molecule has 5 heteroatoms. The van der Waals surface area contributed by atoms with Crippen molar-refractivity contribution in [2.75, 3.05) is 0 Å². The monoisotopic (exact) mass is 316 g/mol. The van der Waals surface area contributed by atoms with Crippen molar-refractivity contribution in [2.45, 2.75) is 38.3 Å². The molecule has 1 saturated carbocycles. The van der Waals surface area contributed by atoms with Gasteiger partial charge in [0.05, 0.1) is 6.54 Å². The summed E-state index contributed by atoms with van der Waals surface area (Å²) in [5.74, 6) is 0.347. The van der Waals surface area contributed by atoms with Gasteiger partial charge in [-0.3, -0.25) is 4.79 Å². The highest BCUT2D eigenvalue weighted by atomic mass is 79.9. The first-order chi connectivity index (χ1) is 8.15. The van der Waals surface area contributed by atoms with Crippen molar-refractivity contribution in [1.82, 2.24) is 5.32 Å². The molecule has 0 saturated heterocycles. The summed E-state index contributed by atoms with van der Waals surface area (Å²) in [5.41, 5.74) is 5.83. The largest absolute Gasteiger partial charge is 0.351 e. The van der Waals surface area contributed by atoms with Crippen LogP contribution >= 0.6 is 27.3 Å². The summed E-state index contributed by atoms with van der Waals surface area (Å²) < 4.78 is 1.08. The number of rotatable bonds is 3. The van der Waals surface area contributed by atoms with Crippen LogP contribution in [0.25, 0.3) is 0 Å². The van der Waals surface area contributed by atoms with E-state index >= 15 is 0 Å². The molecule has 0 atom stereocenters. The summed E-state index contributed by atoms with van der Waals surface area (Å²) in [4.78, 5) is 13.1. The van der Waals surface area contributed by atoms with Gasteiger partial charge in [0.15, 0.2) is 0 Å². The van der Waals surface area contributed by atoms with Crippen molar-refractivity contribution in [2.24, 2.45) is 11.7 Å². The molecule has 0 unspecified atom stereocenters. The van der Waals surface area contributed by atoms with Gasteiger partial charge in [-0.25, -0.2) is 0 Å². The summed E-state index contributed by atoms with van der Waals surface area (Å²) in [6, 6.07) is 2.34. The van der Waals surface area contributed by atoms with Crippen LogP contribution in [0.1, 0.15) is 30.6 Å². The molecule has 1 aliphatic rings. The van der Waals surface area contributed by atoms with Gasteiger partial charge in [0, 0.05) is 26.7 Å². The molecule has 1 heterocycles. The van der Waals surface area contributed by atoms with Crippen LogP contribution in [0, 0.1) is 5.92 Å². The Morgan fingerprint density at radius 1 is 1.47 bits per heavy atom. The molecule has 1 fully saturated rings. The molecule has 1 aromatic rings. The van der Waals surface area contributed by atoms with Gasteiger partial charge in [0.25, 0.3) is 0 Å². The molecule has 0 spiro atoms. The molecule has 0 bridgehead atoms. The standard InChI is InChI=1S/C12H17BrN2OS/c13-9-5-11(17-7-9)6-15-12(16)8-1-3-10(14)4-2-8/h5,7-8,10H,1-4,6,14H2,(H,15,16). The summed E-state index contributed by atoms with van der Waals surface area (Å²) >= 11 is 5.06. The highest BCUT2D eigenvalue weighted by molar-refractivity contribution is 9.10. The molecular formula is C12H17BrN2OS. The van der Waals surface area contributed by atoms with Crippen LogP contribution in [-0.2, 0) is 11.3 Å². The molecule has 2 rings (SSSR count). The van der Waals surface area contributed by atoms with Gasteiger partial charge in [0.2, 0.25) is 5.91 Å². The van der Waals surface area contributed by atoms with E-state index in [1.54, 1.807) is 11.3 Å². The van der Waals surface area contributed by atoms with Crippen LogP contribution in [0.2, 0.25) is 0 Å². The zero-order valence-electron chi connectivity index (χ0n) is 9.62. The first kappa shape index (κ1) is 13.1. The lowest BCUT2D eigenvalue weighted by Crippen LogP contribution is -2.35. The number of halogens is 1. The van der Waals surface area contributed by atoms with E-state index in [1.165, 1.54) is 4.88 Å². The van der Waals surface area contributed by atoms with Crippen LogP contribution in [0.5, 0.6) is 0 Å². The molecule has 0 aliphatic heterocycles. The Kier molecular flexibility index (Phi) is 4.59. The molecule has 1 aliphatic carbocycles. The van der Waals surface area contributed by atoms with Crippen molar-refractivity contribution in [3.05, 3.63) is 20.8 Å². The number of carbonyl (C=O) groups excluding carboxylic acids is 1. The van der Waals surface area contributed by atoms with Crippen LogP contribution < -0.4 is 11.1 Å². The minimum Gasteiger partial charge on any atom is -0.351 e. The molecule has 3 N–H and O–H groups in total. The van der Waals surface area contributed by atoms with Crippen molar-refractivity contribution in [3.63, 3.8) is 0 Å². The molecule has 0 aromatic carbocycles. The lowest BCUT2D eigenvalue weighted by molar-refractivity contribution is -0.126. The summed E-state index contributed by atoms with van der Waals surface area (Å²) in [6.45, 7) is 0.637. The lowest BCUT2D eigenvalue weighted by atomic mass is 9.86. The quantitative estimate of drug-likeness (QED) is 0.900. The van der Waals surface area contributed by atoms with Crippen molar-refractivity contribution in [1.29, 1.82) is 0 Å². The molecule has 17 heavy (non-hydrogen) atoms. The Hall–Kier alpha value is -0.390. The van der Waals surface area contributed by atoms with Crippen molar-refractivity contribution in [3.8, 4) is 0 Å². The minimum atomic E-state index is 0.165. The third kappa shape index (κ3) is 3.79. The van der Waals surface area contributed by atoms with E-state index in [0.29, 0.717) is 12.6 Å². The third-order valence-electron chi connectivity index (χ3n) is 3.20. The second-order valence-corrected chi connectivity index (χ2v) is 6.47. The Morgan fingerprint density at radius 2 is 2.18 bits per heavy atom. The third-order valence-corrected chi connectivity index (χ3v) is 4.90. The molecule has 1 amide bonds. The van der Waals surface area contributed by atoms with E-state index in [2.05, 4.69) is 21.2 Å². The Balaban J connectivity index is 1.77. The fourth-order valence-corrected chi connectivity index (χ4v) is 3.54. The predicted octanol–water partition coefficient (Wildman–Crippen LogP) is 2.64. The zero-order valence-corrected chi connectivity index (χ0v) is 12.0. The molecule has 1 aromatic heterocycles. The SMILES string of the molecule is NC1CCC(C(=O)NCc2cc(Br)cs2)CC1. The summed E-state index contributed by atoms with van der Waals surface area (Å²) in [5, 5.41) is 5.04. The average Bonchev–Trinajstić information content (AvgIpc) is 2.73. The molecule has 0 radical (unpaired) electrons. The second kappa shape index (κ2) is 5.98. The first-order valence-electron chi connectivity index (χ1n) is 5.91. The number of thiophene rings is 1. The van der Waals surface area contributed by atoms with E-state index in [1.807, 2.05) is 11.4 Å². The minimum absolute atomic E-state index is 0.165. The Morgan fingerprint density at radius 3 is 2.76 bits per heavy atom. The molecule has 3 nitrogen and oxygen atoms in total. The fourth-order valence-electron chi connectivity index (χ4n) is 2.15. The van der Waals surface area contributed by atoms with Gasteiger partial charge < -0.3 is 11.1 Å². The Bertz CT molecular complexity index is 386. The van der Waals surface area contributed by atoms with Crippen molar-refractivity contribution < 1.29 is 4.79 Å². The topological polar surface area (TPSA) is 55.1 Å². The van der Waals surface area contributed by atoms with Gasteiger partial charge in [0.1, 0.15) is 0 Å². The maximum Gasteiger partial charge on any atom is 0.223 e. The van der Waals surface area contributed by atoms with Crippen LogP contribution in [0.4, 0.5) is 0 Å². The second-order valence-electron chi connectivity index (χ2n) is 4.56. The average molecular weight is 317 g/mol. The van der Waals surface area contributed by atoms with Crippen LogP contribution in [0.3, 0.4) is 0 Å².